The summed E-state index contributed by atoms with van der Waals surface area (Å²) >= 11 is 0. The van der Waals surface area contributed by atoms with Crippen LogP contribution in [0.3, 0.4) is 0 Å². The van der Waals surface area contributed by atoms with E-state index < -0.39 is 12.1 Å². The maximum atomic E-state index is 11.8. The normalized spacial score (nSPS) is 18.9. The maximum absolute atomic E-state index is 11.8. The predicted molar refractivity (Wildman–Crippen MR) is 72.8 cm³/mol. The lowest BCUT2D eigenvalue weighted by atomic mass is 10.1. The van der Waals surface area contributed by atoms with Crippen LogP contribution in [-0.2, 0) is 14.3 Å². The van der Waals surface area contributed by atoms with E-state index in [0.29, 0.717) is 12.0 Å². The molecule has 0 radical (unpaired) electrons. The van der Waals surface area contributed by atoms with Crippen LogP contribution in [0, 0.1) is 0 Å². The summed E-state index contributed by atoms with van der Waals surface area (Å²) in [4.78, 5) is 24.9. The number of carbonyl (C=O) groups excluding carboxylic acids is 2. The van der Waals surface area contributed by atoms with E-state index in [1.807, 2.05) is 37.3 Å². The van der Waals surface area contributed by atoms with Crippen molar-refractivity contribution in [3.05, 3.63) is 47.7 Å². The second-order valence-electron chi connectivity index (χ2n) is 4.41. The van der Waals surface area contributed by atoms with Gasteiger partial charge in [-0.3, -0.25) is 4.90 Å². The predicted octanol–water partition coefficient (Wildman–Crippen LogP) is 2.65. The molecule has 0 aromatic heterocycles. The number of nitrogens with zero attached hydrogens (tertiary/aromatic N) is 1. The summed E-state index contributed by atoms with van der Waals surface area (Å²) in [5.41, 5.74) is 1.40. The van der Waals surface area contributed by atoms with Gasteiger partial charge in [0.2, 0.25) is 0 Å². The van der Waals surface area contributed by atoms with Crippen LogP contribution in [-0.4, -0.2) is 30.7 Å². The SMILES string of the molecule is CC/C(=C\N1C(=O)OC[C@@H]1c1ccccc1)C(=O)OC. The lowest BCUT2D eigenvalue weighted by molar-refractivity contribution is -0.136. The van der Waals surface area contributed by atoms with Crippen molar-refractivity contribution in [3.8, 4) is 0 Å². The lowest BCUT2D eigenvalue weighted by Gasteiger charge is -2.18. The number of rotatable bonds is 4. The van der Waals surface area contributed by atoms with Gasteiger partial charge in [-0.05, 0) is 12.0 Å². The van der Waals surface area contributed by atoms with E-state index in [9.17, 15) is 9.59 Å². The highest BCUT2D eigenvalue weighted by atomic mass is 16.6. The first-order valence-electron chi connectivity index (χ1n) is 6.46. The Morgan fingerprint density at radius 3 is 2.75 bits per heavy atom. The first kappa shape index (κ1) is 14.1. The van der Waals surface area contributed by atoms with E-state index in [4.69, 9.17) is 9.47 Å². The molecule has 2 rings (SSSR count). The van der Waals surface area contributed by atoms with Gasteiger partial charge in [-0.2, -0.15) is 0 Å². The van der Waals surface area contributed by atoms with Crippen molar-refractivity contribution < 1.29 is 19.1 Å². The third-order valence-corrected chi connectivity index (χ3v) is 3.22. The molecule has 5 nitrogen and oxygen atoms in total. The Morgan fingerprint density at radius 1 is 1.45 bits per heavy atom. The fourth-order valence-electron chi connectivity index (χ4n) is 2.09. The first-order chi connectivity index (χ1) is 9.67. The average molecular weight is 275 g/mol. The van der Waals surface area contributed by atoms with Crippen LogP contribution in [0.15, 0.2) is 42.1 Å². The summed E-state index contributed by atoms with van der Waals surface area (Å²) in [5.74, 6) is -0.431. The van der Waals surface area contributed by atoms with Gasteiger partial charge in [0, 0.05) is 6.20 Å². The molecule has 1 atom stereocenters. The molecule has 5 heteroatoms. The number of amides is 1. The molecule has 1 aromatic rings. The largest absolute Gasteiger partial charge is 0.466 e. The van der Waals surface area contributed by atoms with E-state index in [-0.39, 0.29) is 12.6 Å². The van der Waals surface area contributed by atoms with Gasteiger partial charge >= 0.3 is 12.1 Å². The van der Waals surface area contributed by atoms with Crippen LogP contribution < -0.4 is 0 Å². The molecule has 1 amide bonds. The molecule has 20 heavy (non-hydrogen) atoms. The highest BCUT2D eigenvalue weighted by molar-refractivity contribution is 5.89. The van der Waals surface area contributed by atoms with Crippen molar-refractivity contribution >= 4 is 12.1 Å². The highest BCUT2D eigenvalue weighted by Gasteiger charge is 2.33. The van der Waals surface area contributed by atoms with E-state index >= 15 is 0 Å². The molecule has 0 unspecified atom stereocenters. The number of carbonyl (C=O) groups is 2. The van der Waals surface area contributed by atoms with Crippen molar-refractivity contribution in [1.29, 1.82) is 0 Å². The first-order valence-corrected chi connectivity index (χ1v) is 6.46. The van der Waals surface area contributed by atoms with E-state index in [1.54, 1.807) is 0 Å². The monoisotopic (exact) mass is 275 g/mol. The van der Waals surface area contributed by atoms with Crippen LogP contribution in [0.25, 0.3) is 0 Å². The number of hydrogen-bond acceptors (Lipinski definition) is 4. The lowest BCUT2D eigenvalue weighted by Crippen LogP contribution is -2.23. The molecule has 1 aliphatic heterocycles. The molecule has 1 saturated heterocycles. The molecule has 106 valence electrons. The van der Waals surface area contributed by atoms with Gasteiger partial charge in [0.15, 0.2) is 0 Å². The number of cyclic esters (lactones) is 1. The third kappa shape index (κ3) is 2.82. The summed E-state index contributed by atoms with van der Waals surface area (Å²) < 4.78 is 9.79. The fraction of sp³-hybridized carbons (Fsp3) is 0.333. The summed E-state index contributed by atoms with van der Waals surface area (Å²) in [6.07, 6.45) is 1.56. The summed E-state index contributed by atoms with van der Waals surface area (Å²) in [6.45, 7) is 2.11. The molecule has 0 aliphatic carbocycles. The minimum absolute atomic E-state index is 0.213. The van der Waals surface area contributed by atoms with Crippen LogP contribution in [0.1, 0.15) is 24.9 Å². The average Bonchev–Trinajstić information content (AvgIpc) is 2.85. The number of esters is 1. The zero-order valence-corrected chi connectivity index (χ0v) is 11.5. The Hall–Kier alpha value is -2.30. The minimum Gasteiger partial charge on any atom is -0.466 e. The highest BCUT2D eigenvalue weighted by Crippen LogP contribution is 2.28. The fourth-order valence-corrected chi connectivity index (χ4v) is 2.09. The van der Waals surface area contributed by atoms with Crippen LogP contribution in [0.4, 0.5) is 4.79 Å². The second-order valence-corrected chi connectivity index (χ2v) is 4.41. The second kappa shape index (κ2) is 6.23. The van der Waals surface area contributed by atoms with E-state index in [1.165, 1.54) is 18.2 Å². The quantitative estimate of drug-likeness (QED) is 0.626. The van der Waals surface area contributed by atoms with Crippen molar-refractivity contribution in [2.45, 2.75) is 19.4 Å². The molecule has 0 spiro atoms. The molecule has 1 aliphatic rings. The molecule has 1 aromatic carbocycles. The number of hydrogen-bond donors (Lipinski definition) is 0. The summed E-state index contributed by atoms with van der Waals surface area (Å²) in [5, 5.41) is 0. The molecular formula is C15H17NO4. The number of methoxy groups -OCH3 is 1. The van der Waals surface area contributed by atoms with Crippen LogP contribution >= 0.6 is 0 Å². The Morgan fingerprint density at radius 2 is 2.15 bits per heavy atom. The Balaban J connectivity index is 2.29. The zero-order valence-electron chi connectivity index (χ0n) is 11.5. The topological polar surface area (TPSA) is 55.8 Å². The van der Waals surface area contributed by atoms with Gasteiger partial charge in [-0.1, -0.05) is 37.3 Å². The van der Waals surface area contributed by atoms with Gasteiger partial charge in [-0.25, -0.2) is 9.59 Å². The van der Waals surface area contributed by atoms with Crippen molar-refractivity contribution in [2.75, 3.05) is 13.7 Å². The Bertz CT molecular complexity index is 524. The Labute approximate surface area is 117 Å². The van der Waals surface area contributed by atoms with Gasteiger partial charge in [-0.15, -0.1) is 0 Å². The van der Waals surface area contributed by atoms with Crippen molar-refractivity contribution in [3.63, 3.8) is 0 Å². The summed E-state index contributed by atoms with van der Waals surface area (Å²) in [7, 11) is 1.32. The molecular weight excluding hydrogens is 258 g/mol. The number of benzene rings is 1. The van der Waals surface area contributed by atoms with Crippen LogP contribution in [0.2, 0.25) is 0 Å². The van der Waals surface area contributed by atoms with Gasteiger partial charge in [0.25, 0.3) is 0 Å². The van der Waals surface area contributed by atoms with Gasteiger partial charge in [0.1, 0.15) is 6.61 Å². The molecule has 0 bridgehead atoms. The summed E-state index contributed by atoms with van der Waals surface area (Å²) in [6, 6.07) is 9.36. The van der Waals surface area contributed by atoms with Gasteiger partial charge in [0.05, 0.1) is 18.7 Å². The third-order valence-electron chi connectivity index (χ3n) is 3.22. The molecule has 1 heterocycles. The molecule has 0 saturated carbocycles. The molecule has 0 N–H and O–H groups in total. The maximum Gasteiger partial charge on any atom is 0.414 e. The standard InChI is InChI=1S/C15H17NO4/c1-3-11(14(17)19-2)9-16-13(10-20-15(16)18)12-7-5-4-6-8-12/h4-9,13H,3,10H2,1-2H3/b11-9+/t13-/m1/s1. The van der Waals surface area contributed by atoms with Crippen molar-refractivity contribution in [2.24, 2.45) is 0 Å². The van der Waals surface area contributed by atoms with E-state index in [0.717, 1.165) is 5.56 Å². The van der Waals surface area contributed by atoms with Crippen LogP contribution in [0.5, 0.6) is 0 Å². The van der Waals surface area contributed by atoms with E-state index in [2.05, 4.69) is 0 Å². The number of ether oxygens (including phenoxy) is 2. The zero-order chi connectivity index (χ0) is 14.5. The van der Waals surface area contributed by atoms with Gasteiger partial charge < -0.3 is 9.47 Å². The Kier molecular flexibility index (Phi) is 4.40. The van der Waals surface area contributed by atoms with Crippen molar-refractivity contribution in [1.82, 2.24) is 4.90 Å². The molecule has 1 fully saturated rings. The minimum atomic E-state index is -0.450. The smallest absolute Gasteiger partial charge is 0.414 e.